The molecule has 88 valence electrons. The molecule has 0 unspecified atom stereocenters. The van der Waals surface area contributed by atoms with Crippen molar-refractivity contribution >= 4 is 44.7 Å². The fourth-order valence-corrected chi connectivity index (χ4v) is 2.66. The molecule has 4 nitrogen and oxygen atoms in total. The number of nitrogens with zero attached hydrogens (tertiary/aromatic N) is 2. The number of halogens is 1. The average Bonchev–Trinajstić information content (AvgIpc) is 2.75. The number of carbonyl (C=O) groups excluding carboxylic acids is 1. The van der Waals surface area contributed by atoms with Crippen molar-refractivity contribution in [3.63, 3.8) is 0 Å². The van der Waals surface area contributed by atoms with Crippen molar-refractivity contribution in [2.45, 2.75) is 0 Å². The SMILES string of the molecule is CN(C(=O)c1ccc(Br)s1)c1ccc(N)cn1. The van der Waals surface area contributed by atoms with Gasteiger partial charge in [0.15, 0.2) is 0 Å². The third-order valence-corrected chi connectivity index (χ3v) is 3.81. The van der Waals surface area contributed by atoms with Crippen LogP contribution in [0.1, 0.15) is 9.67 Å². The lowest BCUT2D eigenvalue weighted by atomic mass is 10.3. The van der Waals surface area contributed by atoms with Gasteiger partial charge in [0, 0.05) is 7.05 Å². The van der Waals surface area contributed by atoms with Gasteiger partial charge in [0.05, 0.1) is 20.5 Å². The van der Waals surface area contributed by atoms with Crippen LogP contribution in [0.15, 0.2) is 34.2 Å². The summed E-state index contributed by atoms with van der Waals surface area (Å²) in [5.41, 5.74) is 6.12. The Labute approximate surface area is 111 Å². The minimum atomic E-state index is -0.0852. The number of pyridine rings is 1. The van der Waals surface area contributed by atoms with Crippen LogP contribution < -0.4 is 10.6 Å². The highest BCUT2D eigenvalue weighted by Crippen LogP contribution is 2.24. The quantitative estimate of drug-likeness (QED) is 0.927. The lowest BCUT2D eigenvalue weighted by Crippen LogP contribution is -2.26. The number of aromatic nitrogens is 1. The third-order valence-electron chi connectivity index (χ3n) is 2.20. The fraction of sp³-hybridized carbons (Fsp3) is 0.0909. The Morgan fingerprint density at radius 1 is 1.41 bits per heavy atom. The van der Waals surface area contributed by atoms with E-state index in [4.69, 9.17) is 5.73 Å². The van der Waals surface area contributed by atoms with E-state index in [0.717, 1.165) is 3.79 Å². The van der Waals surface area contributed by atoms with Gasteiger partial charge in [-0.1, -0.05) is 0 Å². The van der Waals surface area contributed by atoms with Crippen molar-refractivity contribution in [1.82, 2.24) is 4.98 Å². The highest BCUT2D eigenvalue weighted by molar-refractivity contribution is 9.11. The van der Waals surface area contributed by atoms with Crippen LogP contribution in [0.3, 0.4) is 0 Å². The molecule has 0 radical (unpaired) electrons. The summed E-state index contributed by atoms with van der Waals surface area (Å²) >= 11 is 4.73. The van der Waals surface area contributed by atoms with Crippen molar-refractivity contribution < 1.29 is 4.79 Å². The standard InChI is InChI=1S/C11H10BrN3OS/c1-15(10-5-2-7(13)6-14-10)11(16)8-3-4-9(12)17-8/h2-6H,13H2,1H3. The van der Waals surface area contributed by atoms with E-state index >= 15 is 0 Å². The maximum absolute atomic E-state index is 12.1. The van der Waals surface area contributed by atoms with Crippen molar-refractivity contribution in [3.05, 3.63) is 39.1 Å². The highest BCUT2D eigenvalue weighted by atomic mass is 79.9. The molecule has 0 aliphatic carbocycles. The number of anilines is 2. The molecule has 17 heavy (non-hydrogen) atoms. The van der Waals surface area contributed by atoms with Gasteiger partial charge in [-0.05, 0) is 40.2 Å². The fourth-order valence-electron chi connectivity index (χ4n) is 1.29. The second-order valence-corrected chi connectivity index (χ2v) is 5.88. The number of hydrogen-bond acceptors (Lipinski definition) is 4. The first-order valence-electron chi connectivity index (χ1n) is 4.83. The summed E-state index contributed by atoms with van der Waals surface area (Å²) in [6.45, 7) is 0. The Hall–Kier alpha value is -1.40. The molecule has 0 atom stereocenters. The lowest BCUT2D eigenvalue weighted by molar-refractivity contribution is 0.0996. The minimum absolute atomic E-state index is 0.0852. The molecule has 2 heterocycles. The molecule has 2 aromatic heterocycles. The molecular weight excluding hydrogens is 302 g/mol. The maximum Gasteiger partial charge on any atom is 0.269 e. The molecule has 0 bridgehead atoms. The molecule has 0 aliphatic rings. The molecular formula is C11H10BrN3OS. The number of rotatable bonds is 2. The van der Waals surface area contributed by atoms with Gasteiger partial charge in [-0.2, -0.15) is 0 Å². The van der Waals surface area contributed by atoms with Crippen LogP contribution in [0.25, 0.3) is 0 Å². The summed E-state index contributed by atoms with van der Waals surface area (Å²) in [7, 11) is 1.69. The Kier molecular flexibility index (Phi) is 3.44. The molecule has 0 saturated heterocycles. The van der Waals surface area contributed by atoms with E-state index in [1.165, 1.54) is 22.4 Å². The molecule has 6 heteroatoms. The monoisotopic (exact) mass is 311 g/mol. The predicted molar refractivity (Wildman–Crippen MR) is 73.4 cm³/mol. The summed E-state index contributed by atoms with van der Waals surface area (Å²) in [5, 5.41) is 0. The number of carbonyl (C=O) groups is 1. The molecule has 2 aromatic rings. The van der Waals surface area contributed by atoms with Gasteiger partial charge in [0.25, 0.3) is 5.91 Å². The molecule has 0 aromatic carbocycles. The van der Waals surface area contributed by atoms with E-state index in [1.807, 2.05) is 6.07 Å². The Balaban J connectivity index is 2.23. The highest BCUT2D eigenvalue weighted by Gasteiger charge is 2.16. The van der Waals surface area contributed by atoms with E-state index in [9.17, 15) is 4.79 Å². The van der Waals surface area contributed by atoms with Gasteiger partial charge in [0.1, 0.15) is 5.82 Å². The largest absolute Gasteiger partial charge is 0.397 e. The topological polar surface area (TPSA) is 59.2 Å². The lowest BCUT2D eigenvalue weighted by Gasteiger charge is -2.14. The van der Waals surface area contributed by atoms with Crippen LogP contribution in [0, 0.1) is 0 Å². The second kappa shape index (κ2) is 4.85. The zero-order chi connectivity index (χ0) is 12.4. The summed E-state index contributed by atoms with van der Waals surface area (Å²) in [6, 6.07) is 7.07. The van der Waals surface area contributed by atoms with Gasteiger partial charge >= 0.3 is 0 Å². The van der Waals surface area contributed by atoms with E-state index in [0.29, 0.717) is 16.4 Å². The van der Waals surface area contributed by atoms with Crippen LogP contribution in [0.2, 0.25) is 0 Å². The van der Waals surface area contributed by atoms with Crippen molar-refractivity contribution in [1.29, 1.82) is 0 Å². The van der Waals surface area contributed by atoms with E-state index in [2.05, 4.69) is 20.9 Å². The Morgan fingerprint density at radius 3 is 2.71 bits per heavy atom. The van der Waals surface area contributed by atoms with Crippen LogP contribution in [-0.4, -0.2) is 17.9 Å². The first-order chi connectivity index (χ1) is 8.08. The smallest absolute Gasteiger partial charge is 0.269 e. The van der Waals surface area contributed by atoms with E-state index < -0.39 is 0 Å². The molecule has 2 N–H and O–H groups in total. The maximum atomic E-state index is 12.1. The number of thiophene rings is 1. The van der Waals surface area contributed by atoms with E-state index in [1.54, 1.807) is 25.2 Å². The van der Waals surface area contributed by atoms with Gasteiger partial charge in [-0.15, -0.1) is 11.3 Å². The Bertz CT molecular complexity index is 538. The number of amides is 1. The van der Waals surface area contributed by atoms with Crippen LogP contribution in [-0.2, 0) is 0 Å². The van der Waals surface area contributed by atoms with E-state index in [-0.39, 0.29) is 5.91 Å². The number of nitrogen functional groups attached to an aromatic ring is 1. The third kappa shape index (κ3) is 2.65. The minimum Gasteiger partial charge on any atom is -0.397 e. The molecule has 0 spiro atoms. The van der Waals surface area contributed by atoms with Gasteiger partial charge < -0.3 is 5.73 Å². The molecule has 0 saturated carbocycles. The normalized spacial score (nSPS) is 10.2. The van der Waals surface area contributed by atoms with Crippen LogP contribution in [0.5, 0.6) is 0 Å². The molecule has 0 aliphatic heterocycles. The predicted octanol–water partition coefficient (Wildman–Crippen LogP) is 2.76. The van der Waals surface area contributed by atoms with Gasteiger partial charge in [-0.25, -0.2) is 4.98 Å². The first-order valence-corrected chi connectivity index (χ1v) is 6.44. The van der Waals surface area contributed by atoms with Gasteiger partial charge in [-0.3, -0.25) is 9.69 Å². The van der Waals surface area contributed by atoms with Crippen LogP contribution >= 0.6 is 27.3 Å². The summed E-state index contributed by atoms with van der Waals surface area (Å²) in [6.07, 6.45) is 1.53. The zero-order valence-electron chi connectivity index (χ0n) is 9.05. The van der Waals surface area contributed by atoms with Crippen LogP contribution in [0.4, 0.5) is 11.5 Å². The number of hydrogen-bond donors (Lipinski definition) is 1. The van der Waals surface area contributed by atoms with Crippen molar-refractivity contribution in [2.75, 3.05) is 17.7 Å². The molecule has 2 rings (SSSR count). The average molecular weight is 312 g/mol. The molecule has 1 amide bonds. The summed E-state index contributed by atoms with van der Waals surface area (Å²) < 4.78 is 0.930. The number of nitrogens with two attached hydrogens (primary N) is 1. The Morgan fingerprint density at radius 2 is 2.18 bits per heavy atom. The van der Waals surface area contributed by atoms with Crippen molar-refractivity contribution in [3.8, 4) is 0 Å². The summed E-state index contributed by atoms with van der Waals surface area (Å²) in [4.78, 5) is 18.4. The summed E-state index contributed by atoms with van der Waals surface area (Å²) in [5.74, 6) is 0.492. The second-order valence-electron chi connectivity index (χ2n) is 3.42. The molecule has 0 fully saturated rings. The first kappa shape index (κ1) is 12.1. The zero-order valence-corrected chi connectivity index (χ0v) is 11.5. The van der Waals surface area contributed by atoms with Gasteiger partial charge in [0.2, 0.25) is 0 Å². The van der Waals surface area contributed by atoms with Crippen molar-refractivity contribution in [2.24, 2.45) is 0 Å².